The summed E-state index contributed by atoms with van der Waals surface area (Å²) in [6.07, 6.45) is -2.27. The van der Waals surface area contributed by atoms with Crippen LogP contribution in [0.25, 0.3) is 0 Å². The van der Waals surface area contributed by atoms with Crippen LogP contribution in [0.3, 0.4) is 0 Å². The van der Waals surface area contributed by atoms with E-state index < -0.39 is 18.3 Å². The number of carbonyl (C=O) groups is 1. The van der Waals surface area contributed by atoms with E-state index in [4.69, 9.17) is 10.2 Å². The second-order valence-electron chi connectivity index (χ2n) is 5.10. The predicted octanol–water partition coefficient (Wildman–Crippen LogP) is 2.86. The first-order valence-electron chi connectivity index (χ1n) is 7.30. The van der Waals surface area contributed by atoms with E-state index in [0.717, 1.165) is 10.5 Å². The highest BCUT2D eigenvalue weighted by Crippen LogP contribution is 2.27. The number of carboxylic acid groups (broad SMARTS) is 1. The van der Waals surface area contributed by atoms with Crippen molar-refractivity contribution in [2.24, 2.45) is 0 Å². The molecule has 2 aromatic rings. The third-order valence-corrected chi connectivity index (χ3v) is 3.45. The van der Waals surface area contributed by atoms with Crippen molar-refractivity contribution in [2.45, 2.75) is 32.0 Å². The number of anilines is 1. The van der Waals surface area contributed by atoms with Crippen molar-refractivity contribution < 1.29 is 18.7 Å². The summed E-state index contributed by atoms with van der Waals surface area (Å²) >= 11 is 0. The first kappa shape index (κ1) is 16.7. The lowest BCUT2D eigenvalue weighted by atomic mass is 9.98. The average molecular weight is 322 g/mol. The van der Waals surface area contributed by atoms with Gasteiger partial charge in [0, 0.05) is 6.54 Å². The van der Waals surface area contributed by atoms with Crippen molar-refractivity contribution in [3.8, 4) is 0 Å². The van der Waals surface area contributed by atoms with Gasteiger partial charge >= 0.3 is 12.1 Å². The minimum Gasteiger partial charge on any atom is -0.465 e. The molecule has 2 rings (SSSR count). The Hall–Kier alpha value is -2.64. The van der Waals surface area contributed by atoms with Crippen LogP contribution in [0.1, 0.15) is 37.1 Å². The number of benzene rings is 1. The highest BCUT2D eigenvalue weighted by Gasteiger charge is 2.30. The fourth-order valence-corrected chi connectivity index (χ4v) is 2.30. The van der Waals surface area contributed by atoms with Crippen molar-refractivity contribution in [1.82, 2.24) is 15.1 Å². The second kappa shape index (κ2) is 7.57. The van der Waals surface area contributed by atoms with E-state index >= 15 is 0 Å². The van der Waals surface area contributed by atoms with Gasteiger partial charge in [0.05, 0.1) is 5.92 Å². The summed E-state index contributed by atoms with van der Waals surface area (Å²) in [7, 11) is 0. The number of alkyl halides is 1. The standard InChI is InChI=1S/C15H19FN4O3/c1-2-6-12(16)20(15(21)22)9-11(10-7-4-3-5-8-10)13-18-19-14(17)23-13/h3-5,7-8,11-12H,2,6,9H2,1H3,(H2,17,19)(H,21,22). The highest BCUT2D eigenvalue weighted by atomic mass is 19.1. The zero-order chi connectivity index (χ0) is 16.8. The van der Waals surface area contributed by atoms with Gasteiger partial charge in [0.1, 0.15) is 0 Å². The Morgan fingerprint density at radius 3 is 2.61 bits per heavy atom. The average Bonchev–Trinajstić information content (AvgIpc) is 2.95. The maximum Gasteiger partial charge on any atom is 0.409 e. The van der Waals surface area contributed by atoms with Gasteiger partial charge in [-0.05, 0) is 12.0 Å². The largest absolute Gasteiger partial charge is 0.465 e. The van der Waals surface area contributed by atoms with Crippen molar-refractivity contribution in [1.29, 1.82) is 0 Å². The minimum atomic E-state index is -1.59. The SMILES string of the molecule is CCCC(F)N(CC(c1ccccc1)c1nnc(N)o1)C(=O)O. The normalized spacial score (nSPS) is 13.5. The van der Waals surface area contributed by atoms with E-state index in [9.17, 15) is 14.3 Å². The summed E-state index contributed by atoms with van der Waals surface area (Å²) in [5.74, 6) is -0.434. The smallest absolute Gasteiger partial charge is 0.409 e. The lowest BCUT2D eigenvalue weighted by Gasteiger charge is -2.26. The monoisotopic (exact) mass is 322 g/mol. The summed E-state index contributed by atoms with van der Waals surface area (Å²) in [4.78, 5) is 12.2. The number of aromatic nitrogens is 2. The molecular weight excluding hydrogens is 303 g/mol. The zero-order valence-electron chi connectivity index (χ0n) is 12.7. The molecule has 0 radical (unpaired) electrons. The number of rotatable bonds is 7. The molecule has 8 heteroatoms. The molecule has 0 aliphatic rings. The number of nitrogens with two attached hydrogens (primary N) is 1. The number of amides is 1. The maximum atomic E-state index is 14.2. The van der Waals surface area contributed by atoms with Crippen LogP contribution in [-0.2, 0) is 0 Å². The Morgan fingerprint density at radius 2 is 2.09 bits per heavy atom. The molecule has 1 amide bonds. The molecule has 0 saturated heterocycles. The molecule has 1 aromatic heterocycles. The summed E-state index contributed by atoms with van der Waals surface area (Å²) in [5, 5.41) is 16.7. The Kier molecular flexibility index (Phi) is 5.51. The van der Waals surface area contributed by atoms with E-state index in [2.05, 4.69) is 10.2 Å². The van der Waals surface area contributed by atoms with E-state index in [-0.39, 0.29) is 24.9 Å². The molecule has 0 aliphatic carbocycles. The molecule has 2 atom stereocenters. The molecule has 7 nitrogen and oxygen atoms in total. The van der Waals surface area contributed by atoms with Crippen LogP contribution in [0.15, 0.2) is 34.7 Å². The van der Waals surface area contributed by atoms with E-state index in [1.807, 2.05) is 6.07 Å². The van der Waals surface area contributed by atoms with Gasteiger partial charge in [-0.3, -0.25) is 4.90 Å². The number of nitrogen functional groups attached to an aromatic ring is 1. The molecular formula is C15H19FN4O3. The third kappa shape index (κ3) is 4.18. The van der Waals surface area contributed by atoms with Gasteiger partial charge in [0.25, 0.3) is 0 Å². The lowest BCUT2D eigenvalue weighted by Crippen LogP contribution is -2.40. The van der Waals surface area contributed by atoms with Crippen LogP contribution < -0.4 is 5.73 Å². The Labute approximate surface area is 132 Å². The minimum absolute atomic E-state index is 0.117. The number of hydrogen-bond acceptors (Lipinski definition) is 5. The van der Waals surface area contributed by atoms with Crippen LogP contribution in [-0.4, -0.2) is 39.1 Å². The van der Waals surface area contributed by atoms with Gasteiger partial charge < -0.3 is 15.3 Å². The van der Waals surface area contributed by atoms with Crippen LogP contribution in [0.5, 0.6) is 0 Å². The number of nitrogens with zero attached hydrogens (tertiary/aromatic N) is 3. The first-order valence-corrected chi connectivity index (χ1v) is 7.30. The van der Waals surface area contributed by atoms with Crippen LogP contribution >= 0.6 is 0 Å². The van der Waals surface area contributed by atoms with Gasteiger partial charge in [0.15, 0.2) is 6.30 Å². The molecule has 2 unspecified atom stereocenters. The van der Waals surface area contributed by atoms with Crippen molar-refractivity contribution in [2.75, 3.05) is 12.3 Å². The van der Waals surface area contributed by atoms with Gasteiger partial charge in [-0.2, -0.15) is 0 Å². The molecule has 1 aromatic carbocycles. The molecule has 0 aliphatic heterocycles. The van der Waals surface area contributed by atoms with Gasteiger partial charge in [-0.1, -0.05) is 48.8 Å². The maximum absolute atomic E-state index is 14.2. The molecule has 0 spiro atoms. The van der Waals surface area contributed by atoms with Crippen LogP contribution in [0.2, 0.25) is 0 Å². The van der Waals surface area contributed by atoms with E-state index in [1.54, 1.807) is 31.2 Å². The predicted molar refractivity (Wildman–Crippen MR) is 81.5 cm³/mol. The summed E-state index contributed by atoms with van der Waals surface area (Å²) < 4.78 is 19.4. The Morgan fingerprint density at radius 1 is 1.39 bits per heavy atom. The topological polar surface area (TPSA) is 105 Å². The quantitative estimate of drug-likeness (QED) is 0.759. The second-order valence-corrected chi connectivity index (χ2v) is 5.10. The number of hydrogen-bond donors (Lipinski definition) is 2. The van der Waals surface area contributed by atoms with Crippen molar-refractivity contribution >= 4 is 12.1 Å². The fraction of sp³-hybridized carbons (Fsp3) is 0.400. The summed E-state index contributed by atoms with van der Waals surface area (Å²) in [5.41, 5.74) is 6.19. The summed E-state index contributed by atoms with van der Waals surface area (Å²) in [6, 6.07) is 8.88. The number of halogens is 1. The first-order chi connectivity index (χ1) is 11.0. The van der Waals surface area contributed by atoms with E-state index in [0.29, 0.717) is 6.42 Å². The molecule has 0 saturated carbocycles. The molecule has 1 heterocycles. The van der Waals surface area contributed by atoms with Gasteiger partial charge in [0.2, 0.25) is 5.89 Å². The van der Waals surface area contributed by atoms with Crippen molar-refractivity contribution in [3.05, 3.63) is 41.8 Å². The molecule has 0 bridgehead atoms. The van der Waals surface area contributed by atoms with Gasteiger partial charge in [-0.15, -0.1) is 5.10 Å². The molecule has 0 fully saturated rings. The molecule has 3 N–H and O–H groups in total. The highest BCUT2D eigenvalue weighted by molar-refractivity contribution is 5.65. The Balaban J connectivity index is 2.31. The van der Waals surface area contributed by atoms with Crippen LogP contribution in [0.4, 0.5) is 15.2 Å². The molecule has 124 valence electrons. The van der Waals surface area contributed by atoms with Crippen molar-refractivity contribution in [3.63, 3.8) is 0 Å². The third-order valence-electron chi connectivity index (χ3n) is 3.45. The van der Waals surface area contributed by atoms with Crippen LogP contribution in [0, 0.1) is 0 Å². The van der Waals surface area contributed by atoms with Gasteiger partial charge in [-0.25, -0.2) is 9.18 Å². The van der Waals surface area contributed by atoms with E-state index in [1.165, 1.54) is 0 Å². The molecule has 23 heavy (non-hydrogen) atoms. The fourth-order valence-electron chi connectivity index (χ4n) is 2.30. The Bertz CT molecular complexity index is 635. The lowest BCUT2D eigenvalue weighted by molar-refractivity contribution is 0.0631. The summed E-state index contributed by atoms with van der Waals surface area (Å²) in [6.45, 7) is 1.65. The zero-order valence-corrected chi connectivity index (χ0v) is 12.7.